The Morgan fingerprint density at radius 2 is 2.20 bits per heavy atom. The standard InChI is InChI=1S/C15H27BrN4/c1-5-11(3)13-9-19(8-7-17-13)10-14-15(16)12(4)18-20(14)6-2/h11,13,17H,5-10H2,1-4H3. The van der Waals surface area contributed by atoms with Crippen molar-refractivity contribution in [2.24, 2.45) is 5.92 Å². The SMILES string of the molecule is CCC(C)C1CN(Cc2c(Br)c(C)nn2CC)CCN1. The van der Waals surface area contributed by atoms with Gasteiger partial charge in [-0.2, -0.15) is 5.10 Å². The van der Waals surface area contributed by atoms with Crippen molar-refractivity contribution in [1.82, 2.24) is 20.0 Å². The van der Waals surface area contributed by atoms with Gasteiger partial charge in [-0.25, -0.2) is 0 Å². The second kappa shape index (κ2) is 7.05. The Morgan fingerprint density at radius 1 is 1.45 bits per heavy atom. The molecule has 2 heterocycles. The Balaban J connectivity index is 2.06. The molecular weight excluding hydrogens is 316 g/mol. The van der Waals surface area contributed by atoms with Gasteiger partial charge in [0.1, 0.15) is 0 Å². The summed E-state index contributed by atoms with van der Waals surface area (Å²) in [5.41, 5.74) is 2.41. The number of hydrogen-bond donors (Lipinski definition) is 1. The van der Waals surface area contributed by atoms with Crippen LogP contribution in [0.2, 0.25) is 0 Å². The molecule has 1 aliphatic heterocycles. The zero-order valence-electron chi connectivity index (χ0n) is 13.1. The summed E-state index contributed by atoms with van der Waals surface area (Å²) in [6.07, 6.45) is 1.24. The highest BCUT2D eigenvalue weighted by molar-refractivity contribution is 9.10. The number of piperazine rings is 1. The van der Waals surface area contributed by atoms with Gasteiger partial charge in [0.15, 0.2) is 0 Å². The van der Waals surface area contributed by atoms with E-state index in [2.05, 4.69) is 63.6 Å². The lowest BCUT2D eigenvalue weighted by Gasteiger charge is -2.36. The van der Waals surface area contributed by atoms with E-state index in [9.17, 15) is 0 Å². The van der Waals surface area contributed by atoms with E-state index < -0.39 is 0 Å². The lowest BCUT2D eigenvalue weighted by Crippen LogP contribution is -2.52. The molecule has 1 saturated heterocycles. The second-order valence-corrected chi connectivity index (χ2v) is 6.64. The summed E-state index contributed by atoms with van der Waals surface area (Å²) in [7, 11) is 0. The van der Waals surface area contributed by atoms with Crippen molar-refractivity contribution in [3.63, 3.8) is 0 Å². The van der Waals surface area contributed by atoms with Crippen LogP contribution in [0.25, 0.3) is 0 Å². The van der Waals surface area contributed by atoms with Crippen LogP contribution >= 0.6 is 15.9 Å². The summed E-state index contributed by atoms with van der Waals surface area (Å²) in [6, 6.07) is 0.617. The molecule has 114 valence electrons. The van der Waals surface area contributed by atoms with Gasteiger partial charge >= 0.3 is 0 Å². The van der Waals surface area contributed by atoms with Gasteiger partial charge in [0.25, 0.3) is 0 Å². The van der Waals surface area contributed by atoms with E-state index in [1.165, 1.54) is 16.6 Å². The van der Waals surface area contributed by atoms with Crippen molar-refractivity contribution < 1.29 is 0 Å². The van der Waals surface area contributed by atoms with E-state index >= 15 is 0 Å². The number of nitrogens with one attached hydrogen (secondary N) is 1. The number of aryl methyl sites for hydroxylation is 2. The van der Waals surface area contributed by atoms with E-state index in [-0.39, 0.29) is 0 Å². The van der Waals surface area contributed by atoms with Gasteiger partial charge < -0.3 is 5.32 Å². The fraction of sp³-hybridized carbons (Fsp3) is 0.800. The summed E-state index contributed by atoms with van der Waals surface area (Å²) in [4.78, 5) is 2.56. The number of hydrogen-bond acceptors (Lipinski definition) is 3. The first kappa shape index (κ1) is 16.0. The highest BCUT2D eigenvalue weighted by atomic mass is 79.9. The lowest BCUT2D eigenvalue weighted by molar-refractivity contribution is 0.158. The third kappa shape index (κ3) is 3.43. The van der Waals surface area contributed by atoms with E-state index in [0.717, 1.165) is 44.3 Å². The average Bonchev–Trinajstić information content (AvgIpc) is 2.74. The number of nitrogens with zero attached hydrogens (tertiary/aromatic N) is 3. The van der Waals surface area contributed by atoms with Gasteiger partial charge in [-0.15, -0.1) is 0 Å². The van der Waals surface area contributed by atoms with Gasteiger partial charge in [0, 0.05) is 38.8 Å². The molecule has 4 nitrogen and oxygen atoms in total. The second-order valence-electron chi connectivity index (χ2n) is 5.84. The van der Waals surface area contributed by atoms with Crippen LogP contribution in [0.3, 0.4) is 0 Å². The minimum absolute atomic E-state index is 0.617. The molecule has 20 heavy (non-hydrogen) atoms. The zero-order chi connectivity index (χ0) is 14.7. The van der Waals surface area contributed by atoms with E-state index in [4.69, 9.17) is 0 Å². The van der Waals surface area contributed by atoms with Gasteiger partial charge in [0.05, 0.1) is 15.9 Å². The Morgan fingerprint density at radius 3 is 2.85 bits per heavy atom. The fourth-order valence-electron chi connectivity index (χ4n) is 2.88. The maximum absolute atomic E-state index is 4.59. The van der Waals surface area contributed by atoms with E-state index in [1.807, 2.05) is 0 Å². The normalized spacial score (nSPS) is 22.1. The molecule has 1 fully saturated rings. The molecule has 1 N–H and O–H groups in total. The quantitative estimate of drug-likeness (QED) is 0.893. The molecule has 5 heteroatoms. The molecular formula is C15H27BrN4. The van der Waals surface area contributed by atoms with Gasteiger partial charge in [0.2, 0.25) is 0 Å². The van der Waals surface area contributed by atoms with Gasteiger partial charge in [-0.05, 0) is 35.7 Å². The molecule has 2 atom stereocenters. The average molecular weight is 343 g/mol. The van der Waals surface area contributed by atoms with Crippen LogP contribution in [-0.2, 0) is 13.1 Å². The number of halogens is 1. The largest absolute Gasteiger partial charge is 0.311 e. The molecule has 2 unspecified atom stereocenters. The van der Waals surface area contributed by atoms with Crippen LogP contribution in [0.15, 0.2) is 4.47 Å². The lowest BCUT2D eigenvalue weighted by atomic mass is 9.97. The summed E-state index contributed by atoms with van der Waals surface area (Å²) < 4.78 is 3.30. The molecule has 0 spiro atoms. The molecule has 0 radical (unpaired) electrons. The smallest absolute Gasteiger partial charge is 0.0739 e. The zero-order valence-corrected chi connectivity index (χ0v) is 14.7. The topological polar surface area (TPSA) is 33.1 Å². The molecule has 2 rings (SSSR count). The molecule has 1 aliphatic rings. The fourth-order valence-corrected chi connectivity index (χ4v) is 3.29. The highest BCUT2D eigenvalue weighted by Gasteiger charge is 2.24. The molecule has 0 bridgehead atoms. The first-order chi connectivity index (χ1) is 9.56. The predicted molar refractivity (Wildman–Crippen MR) is 86.9 cm³/mol. The van der Waals surface area contributed by atoms with Crippen LogP contribution in [0, 0.1) is 12.8 Å². The summed E-state index contributed by atoms with van der Waals surface area (Å²) in [5, 5.41) is 8.25. The Kier molecular flexibility index (Phi) is 5.64. The van der Waals surface area contributed by atoms with Crippen molar-refractivity contribution in [2.75, 3.05) is 19.6 Å². The van der Waals surface area contributed by atoms with Crippen LogP contribution < -0.4 is 5.32 Å². The Hall–Kier alpha value is -0.390. The van der Waals surface area contributed by atoms with Crippen LogP contribution in [0.4, 0.5) is 0 Å². The Bertz CT molecular complexity index is 443. The molecule has 0 aromatic carbocycles. The third-order valence-electron chi connectivity index (χ3n) is 4.45. The molecule has 1 aromatic rings. The Labute approximate surface area is 131 Å². The van der Waals surface area contributed by atoms with Gasteiger partial charge in [-0.1, -0.05) is 20.3 Å². The third-order valence-corrected chi connectivity index (χ3v) is 5.48. The van der Waals surface area contributed by atoms with Crippen molar-refractivity contribution in [2.45, 2.75) is 53.2 Å². The summed E-state index contributed by atoms with van der Waals surface area (Å²) >= 11 is 3.70. The van der Waals surface area contributed by atoms with E-state index in [0.29, 0.717) is 6.04 Å². The maximum atomic E-state index is 4.59. The predicted octanol–water partition coefficient (Wildman–Crippen LogP) is 2.79. The maximum Gasteiger partial charge on any atom is 0.0739 e. The van der Waals surface area contributed by atoms with Crippen LogP contribution in [-0.4, -0.2) is 40.4 Å². The number of aromatic nitrogens is 2. The van der Waals surface area contributed by atoms with E-state index in [1.54, 1.807) is 0 Å². The molecule has 1 aromatic heterocycles. The first-order valence-corrected chi connectivity index (χ1v) is 8.53. The monoisotopic (exact) mass is 342 g/mol. The van der Waals surface area contributed by atoms with Crippen molar-refractivity contribution >= 4 is 15.9 Å². The molecule has 0 saturated carbocycles. The molecule has 0 amide bonds. The summed E-state index contributed by atoms with van der Waals surface area (Å²) in [5.74, 6) is 0.735. The minimum Gasteiger partial charge on any atom is -0.311 e. The van der Waals surface area contributed by atoms with Gasteiger partial charge in [-0.3, -0.25) is 9.58 Å². The van der Waals surface area contributed by atoms with Crippen molar-refractivity contribution in [3.8, 4) is 0 Å². The number of rotatable bonds is 5. The summed E-state index contributed by atoms with van der Waals surface area (Å²) in [6.45, 7) is 14.1. The highest BCUT2D eigenvalue weighted by Crippen LogP contribution is 2.23. The van der Waals surface area contributed by atoms with Crippen molar-refractivity contribution in [3.05, 3.63) is 15.9 Å². The van der Waals surface area contributed by atoms with Crippen LogP contribution in [0.1, 0.15) is 38.6 Å². The molecule has 0 aliphatic carbocycles. The van der Waals surface area contributed by atoms with Crippen molar-refractivity contribution in [1.29, 1.82) is 0 Å². The van der Waals surface area contributed by atoms with Crippen LogP contribution in [0.5, 0.6) is 0 Å². The first-order valence-electron chi connectivity index (χ1n) is 7.74. The minimum atomic E-state index is 0.617.